The van der Waals surface area contributed by atoms with E-state index >= 15 is 0 Å². The highest BCUT2D eigenvalue weighted by Gasteiger charge is 2.40. The van der Waals surface area contributed by atoms with E-state index in [1.54, 1.807) is 18.2 Å². The van der Waals surface area contributed by atoms with E-state index in [0.717, 1.165) is 49.2 Å². The van der Waals surface area contributed by atoms with Crippen molar-refractivity contribution in [1.82, 2.24) is 4.72 Å². The van der Waals surface area contributed by atoms with Crippen LogP contribution in [0.25, 0.3) is 0 Å². The molecule has 3 aliphatic carbocycles. The minimum atomic E-state index is -3.94. The molecule has 1 amide bonds. The van der Waals surface area contributed by atoms with Crippen molar-refractivity contribution in [2.24, 2.45) is 23.7 Å². The molecule has 2 N–H and O–H groups in total. The summed E-state index contributed by atoms with van der Waals surface area (Å²) < 4.78 is 35.9. The van der Waals surface area contributed by atoms with E-state index in [4.69, 9.17) is 16.3 Å². The van der Waals surface area contributed by atoms with Gasteiger partial charge in [0.25, 0.3) is 5.91 Å². The Labute approximate surface area is 267 Å². The average Bonchev–Trinajstić information content (AvgIpc) is 3.71. The van der Waals surface area contributed by atoms with Crippen LogP contribution in [0.3, 0.4) is 0 Å². The summed E-state index contributed by atoms with van der Waals surface area (Å²) in [6, 6.07) is 11.4. The molecule has 1 heterocycles. The molecule has 6 rings (SSSR count). The summed E-state index contributed by atoms with van der Waals surface area (Å²) in [5.41, 5.74) is 3.65. The van der Waals surface area contributed by atoms with E-state index in [-0.39, 0.29) is 23.7 Å². The molecular weight excluding hydrogens is 596 g/mol. The van der Waals surface area contributed by atoms with Crippen molar-refractivity contribution in [2.45, 2.75) is 82.5 Å². The lowest BCUT2D eigenvalue weighted by molar-refractivity contribution is 0.0460. The number of allylic oxidation sites excluding steroid dienone is 1. The van der Waals surface area contributed by atoms with Gasteiger partial charge in [0.2, 0.25) is 10.0 Å². The van der Waals surface area contributed by atoms with E-state index in [0.29, 0.717) is 49.8 Å². The highest BCUT2D eigenvalue weighted by molar-refractivity contribution is 7.90. The molecule has 0 radical (unpaired) electrons. The van der Waals surface area contributed by atoms with Crippen LogP contribution in [0.15, 0.2) is 48.6 Å². The van der Waals surface area contributed by atoms with Crippen LogP contribution in [0.4, 0.5) is 5.69 Å². The molecule has 0 saturated heterocycles. The van der Waals surface area contributed by atoms with Crippen molar-refractivity contribution in [3.63, 3.8) is 0 Å². The lowest BCUT2D eigenvalue weighted by atomic mass is 9.70. The van der Waals surface area contributed by atoms with Gasteiger partial charge in [0.05, 0.1) is 23.6 Å². The molecule has 2 fully saturated rings. The molecule has 2 aromatic carbocycles. The number of fused-ring (bicyclic) bond motifs is 4. The van der Waals surface area contributed by atoms with E-state index in [1.165, 1.54) is 11.1 Å². The number of halogens is 1. The molecule has 2 bridgehead atoms. The Hall–Kier alpha value is -2.55. The molecule has 5 unspecified atom stereocenters. The number of ether oxygens (including phenoxy) is 1. The van der Waals surface area contributed by atoms with Crippen LogP contribution in [0.2, 0.25) is 5.02 Å². The quantitative estimate of drug-likeness (QED) is 0.351. The third-order valence-electron chi connectivity index (χ3n) is 10.4. The van der Waals surface area contributed by atoms with Gasteiger partial charge in [-0.1, -0.05) is 49.6 Å². The molecule has 0 spiro atoms. The first kappa shape index (κ1) is 31.4. The first-order valence-electron chi connectivity index (χ1n) is 16.3. The number of benzene rings is 2. The first-order valence-corrected chi connectivity index (χ1v) is 18.3. The Kier molecular flexibility index (Phi) is 9.32. The summed E-state index contributed by atoms with van der Waals surface area (Å²) in [6.07, 6.45) is 10.3. The van der Waals surface area contributed by atoms with Crippen molar-refractivity contribution in [1.29, 1.82) is 0 Å². The number of aliphatic hydroxyl groups is 1. The predicted molar refractivity (Wildman–Crippen MR) is 175 cm³/mol. The zero-order valence-electron chi connectivity index (χ0n) is 25.8. The molecular formula is C35H45ClN2O5S. The number of hydrogen-bond donors (Lipinski definition) is 2. The van der Waals surface area contributed by atoms with Crippen LogP contribution in [-0.4, -0.2) is 50.5 Å². The molecule has 6 atom stereocenters. The van der Waals surface area contributed by atoms with E-state index in [9.17, 15) is 18.3 Å². The summed E-state index contributed by atoms with van der Waals surface area (Å²) in [5, 5.41) is 11.3. The third-order valence-corrected chi connectivity index (χ3v) is 12.5. The fourth-order valence-electron chi connectivity index (χ4n) is 7.48. The van der Waals surface area contributed by atoms with E-state index < -0.39 is 27.3 Å². The number of carbonyl (C=O) groups excluding carboxylic acids is 1. The standard InChI is InChI=1S/C35H45ClN2O5S/c1-3-43-33-16-12-25-19-31(33)38(20-26-10-9-24-18-28(36)13-15-29(24)26)21-27-11-14-30(27)32(39)6-4-5-22(2)34(17-23-7-8-23)44(41,42)37-35(25)40/h4,6,12-13,15-16,18-19,22-23,26-27,30,32,34,39H,3,5,7-11,14,17,20-21H2,1-2H3,(H,37,40)/b6-4+/t22-,26?,27?,30?,32?,34?/m1/s1. The van der Waals surface area contributed by atoms with Crippen molar-refractivity contribution in [3.05, 3.63) is 70.3 Å². The second-order valence-corrected chi connectivity index (χ2v) is 15.8. The number of sulfonamides is 1. The summed E-state index contributed by atoms with van der Waals surface area (Å²) >= 11 is 6.31. The van der Waals surface area contributed by atoms with Crippen LogP contribution >= 0.6 is 11.6 Å². The first-order chi connectivity index (χ1) is 21.1. The van der Waals surface area contributed by atoms with Gasteiger partial charge in [-0.25, -0.2) is 13.1 Å². The SMILES string of the molecule is CCOc1ccc2cc1N(CC1CCc3cc(Cl)ccc31)CC1CCC1C(O)/C=C/C[C@@H](C)C(CC1CC1)S(=O)(=O)NC2=O. The van der Waals surface area contributed by atoms with Crippen LogP contribution in [0.5, 0.6) is 5.75 Å². The summed E-state index contributed by atoms with van der Waals surface area (Å²) in [5.74, 6) is 0.924. The topological polar surface area (TPSA) is 95.9 Å². The number of nitrogens with one attached hydrogen (secondary N) is 1. The summed E-state index contributed by atoms with van der Waals surface area (Å²) in [7, 11) is -3.94. The molecule has 2 saturated carbocycles. The van der Waals surface area contributed by atoms with Gasteiger partial charge in [-0.3, -0.25) is 4.79 Å². The minimum absolute atomic E-state index is 0.125. The predicted octanol–water partition coefficient (Wildman–Crippen LogP) is 6.49. The number of amides is 1. The fraction of sp³-hybridized carbons (Fsp3) is 0.571. The molecule has 1 aliphatic heterocycles. The number of rotatable bonds is 6. The molecule has 2 aromatic rings. The smallest absolute Gasteiger partial charge is 0.264 e. The van der Waals surface area contributed by atoms with Crippen LogP contribution in [-0.2, 0) is 16.4 Å². The molecule has 9 heteroatoms. The maximum absolute atomic E-state index is 13.7. The highest BCUT2D eigenvalue weighted by atomic mass is 35.5. The maximum atomic E-state index is 13.7. The second-order valence-electron chi connectivity index (χ2n) is 13.4. The van der Waals surface area contributed by atoms with E-state index in [2.05, 4.69) is 21.8 Å². The van der Waals surface area contributed by atoms with Gasteiger partial charge in [0.15, 0.2) is 0 Å². The van der Waals surface area contributed by atoms with Gasteiger partial charge in [-0.05, 0) is 111 Å². The summed E-state index contributed by atoms with van der Waals surface area (Å²) in [6.45, 7) is 5.75. The Morgan fingerprint density at radius 3 is 2.64 bits per heavy atom. The lowest BCUT2D eigenvalue weighted by Gasteiger charge is -2.43. The minimum Gasteiger partial charge on any atom is -0.492 e. The van der Waals surface area contributed by atoms with E-state index in [1.807, 2.05) is 32.1 Å². The average molecular weight is 641 g/mol. The Morgan fingerprint density at radius 2 is 1.91 bits per heavy atom. The number of carbonyl (C=O) groups is 1. The van der Waals surface area contributed by atoms with Crippen LogP contribution < -0.4 is 14.4 Å². The molecule has 0 aromatic heterocycles. The van der Waals surface area contributed by atoms with Crippen molar-refractivity contribution < 1.29 is 23.1 Å². The van der Waals surface area contributed by atoms with Gasteiger partial charge in [-0.15, -0.1) is 0 Å². The fourth-order valence-corrected chi connectivity index (χ4v) is 9.45. The monoisotopic (exact) mass is 640 g/mol. The maximum Gasteiger partial charge on any atom is 0.264 e. The largest absolute Gasteiger partial charge is 0.492 e. The lowest BCUT2D eigenvalue weighted by Crippen LogP contribution is -2.44. The normalized spacial score (nSPS) is 30.9. The van der Waals surface area contributed by atoms with Crippen LogP contribution in [0, 0.1) is 23.7 Å². The zero-order chi connectivity index (χ0) is 31.0. The Morgan fingerprint density at radius 1 is 1.09 bits per heavy atom. The molecule has 7 nitrogen and oxygen atoms in total. The van der Waals surface area contributed by atoms with Gasteiger partial charge < -0.3 is 14.7 Å². The van der Waals surface area contributed by atoms with Crippen LogP contribution in [0.1, 0.15) is 86.2 Å². The molecule has 238 valence electrons. The molecule has 44 heavy (non-hydrogen) atoms. The number of hydrogen-bond acceptors (Lipinski definition) is 6. The van der Waals surface area contributed by atoms with Gasteiger partial charge in [-0.2, -0.15) is 0 Å². The van der Waals surface area contributed by atoms with Crippen molar-refractivity contribution in [3.8, 4) is 5.75 Å². The number of aryl methyl sites for hydroxylation is 1. The number of anilines is 1. The number of nitrogens with zero attached hydrogens (tertiary/aromatic N) is 1. The Bertz CT molecular complexity index is 1510. The second kappa shape index (κ2) is 13.1. The molecule has 4 aliphatic rings. The Balaban J connectivity index is 1.38. The van der Waals surface area contributed by atoms with Gasteiger partial charge in [0, 0.05) is 29.6 Å². The van der Waals surface area contributed by atoms with Crippen molar-refractivity contribution >= 4 is 33.2 Å². The van der Waals surface area contributed by atoms with Gasteiger partial charge in [0.1, 0.15) is 5.75 Å². The van der Waals surface area contributed by atoms with Gasteiger partial charge >= 0.3 is 0 Å². The third kappa shape index (κ3) is 6.82. The highest BCUT2D eigenvalue weighted by Crippen LogP contribution is 2.43. The number of aliphatic hydroxyl groups excluding tert-OH is 1. The summed E-state index contributed by atoms with van der Waals surface area (Å²) in [4.78, 5) is 15.9. The zero-order valence-corrected chi connectivity index (χ0v) is 27.3. The van der Waals surface area contributed by atoms with Crippen molar-refractivity contribution in [2.75, 3.05) is 24.6 Å².